The molecule has 0 radical (unpaired) electrons. The minimum Gasteiger partial charge on any atom is -0.347 e. The van der Waals surface area contributed by atoms with Crippen LogP contribution in [0, 0.1) is 0 Å². The summed E-state index contributed by atoms with van der Waals surface area (Å²) in [5.74, 6) is 0. The van der Waals surface area contributed by atoms with E-state index in [1.165, 1.54) is 0 Å². The first-order chi connectivity index (χ1) is 5.79. The topological polar surface area (TPSA) is 92.3 Å². The number of nitrogens with one attached hydrogen (secondary N) is 2. The molecule has 0 heterocycles. The van der Waals surface area contributed by atoms with Crippen LogP contribution < -0.4 is 10.6 Å². The first-order valence-corrected chi connectivity index (χ1v) is 3.10. The summed E-state index contributed by atoms with van der Waals surface area (Å²) in [7, 11) is 0. The van der Waals surface area contributed by atoms with E-state index in [1.807, 2.05) is 0 Å². The maximum Gasteiger partial charge on any atom is 0.207 e. The summed E-state index contributed by atoms with van der Waals surface area (Å²) in [6.45, 7) is 0. The molecular weight excluding hydrogens is 164 g/mol. The Bertz CT molecular complexity index is 162. The molecule has 12 heavy (non-hydrogen) atoms. The van der Waals surface area contributed by atoms with Gasteiger partial charge in [0.1, 0.15) is 24.7 Å². The number of hydrogen-bond donors (Lipinski definition) is 2. The molecule has 6 nitrogen and oxygen atoms in total. The first kappa shape index (κ1) is 10.3. The van der Waals surface area contributed by atoms with Gasteiger partial charge in [-0.3, -0.25) is 9.59 Å². The van der Waals surface area contributed by atoms with Crippen LogP contribution in [0.25, 0.3) is 0 Å². The van der Waals surface area contributed by atoms with Crippen LogP contribution in [0.5, 0.6) is 0 Å². The van der Waals surface area contributed by atoms with Crippen molar-refractivity contribution in [1.82, 2.24) is 10.6 Å². The zero-order valence-corrected chi connectivity index (χ0v) is 6.10. The van der Waals surface area contributed by atoms with Crippen LogP contribution in [0.4, 0.5) is 0 Å². The molecule has 2 atom stereocenters. The summed E-state index contributed by atoms with van der Waals surface area (Å²) in [4.78, 5) is 40.3. The van der Waals surface area contributed by atoms with Crippen LogP contribution in [-0.4, -0.2) is 37.5 Å². The van der Waals surface area contributed by atoms with Crippen molar-refractivity contribution in [2.24, 2.45) is 0 Å². The van der Waals surface area contributed by atoms with E-state index >= 15 is 0 Å². The number of carbonyl (C=O) groups is 4. The third-order valence-electron chi connectivity index (χ3n) is 1.20. The van der Waals surface area contributed by atoms with Crippen LogP contribution >= 0.6 is 0 Å². The molecule has 0 bridgehead atoms. The minimum atomic E-state index is -1.01. The highest BCUT2D eigenvalue weighted by Crippen LogP contribution is 1.84. The average Bonchev–Trinajstić information content (AvgIpc) is 2.11. The van der Waals surface area contributed by atoms with E-state index in [0.29, 0.717) is 12.6 Å². The Balaban J connectivity index is 4.19. The van der Waals surface area contributed by atoms with E-state index in [0.717, 1.165) is 0 Å². The number of amides is 2. The fourth-order valence-corrected chi connectivity index (χ4v) is 0.612. The van der Waals surface area contributed by atoms with Crippen molar-refractivity contribution >= 4 is 25.4 Å². The van der Waals surface area contributed by atoms with Gasteiger partial charge in [-0.15, -0.1) is 0 Å². The minimum absolute atomic E-state index is 0.280. The van der Waals surface area contributed by atoms with Gasteiger partial charge in [0.05, 0.1) is 0 Å². The van der Waals surface area contributed by atoms with Crippen molar-refractivity contribution in [2.45, 2.75) is 12.1 Å². The Morgan fingerprint density at radius 3 is 1.25 bits per heavy atom. The SMILES string of the molecule is O=CNC(C=O)C(C=O)NC=O. The Morgan fingerprint density at radius 1 is 0.750 bits per heavy atom. The van der Waals surface area contributed by atoms with Gasteiger partial charge in [-0.05, 0) is 0 Å². The standard InChI is InChI=1S/C6H8N2O4/c9-1-5(7-3-11)6(2-10)8-4-12/h1-6H,(H,7,11)(H,8,12). The van der Waals surface area contributed by atoms with E-state index in [9.17, 15) is 19.2 Å². The highest BCUT2D eigenvalue weighted by atomic mass is 16.1. The van der Waals surface area contributed by atoms with Gasteiger partial charge in [0.15, 0.2) is 0 Å². The Hall–Kier alpha value is -1.72. The van der Waals surface area contributed by atoms with Crippen molar-refractivity contribution in [3.05, 3.63) is 0 Å². The third kappa shape index (κ3) is 2.91. The molecule has 0 aliphatic rings. The number of carbonyl (C=O) groups excluding carboxylic acids is 4. The lowest BCUT2D eigenvalue weighted by atomic mass is 10.1. The summed E-state index contributed by atoms with van der Waals surface area (Å²) in [6.07, 6.45) is 1.29. The molecular formula is C6H8N2O4. The molecule has 0 saturated carbocycles. The second kappa shape index (κ2) is 6.02. The largest absolute Gasteiger partial charge is 0.347 e. The normalized spacial score (nSPS) is 13.7. The van der Waals surface area contributed by atoms with E-state index < -0.39 is 12.1 Å². The molecule has 0 aromatic rings. The predicted molar refractivity (Wildman–Crippen MR) is 38.1 cm³/mol. The summed E-state index contributed by atoms with van der Waals surface area (Å²) < 4.78 is 0. The van der Waals surface area contributed by atoms with Gasteiger partial charge in [-0.1, -0.05) is 0 Å². The highest BCUT2D eigenvalue weighted by Gasteiger charge is 2.18. The first-order valence-electron chi connectivity index (χ1n) is 3.10. The average molecular weight is 172 g/mol. The van der Waals surface area contributed by atoms with Crippen LogP contribution in [-0.2, 0) is 19.2 Å². The van der Waals surface area contributed by atoms with E-state index in [4.69, 9.17) is 0 Å². The monoisotopic (exact) mass is 172 g/mol. The maximum absolute atomic E-state index is 10.2. The third-order valence-corrected chi connectivity index (χ3v) is 1.20. The van der Waals surface area contributed by atoms with E-state index in [1.54, 1.807) is 0 Å². The molecule has 0 aromatic carbocycles. The maximum atomic E-state index is 10.2. The molecule has 66 valence electrons. The van der Waals surface area contributed by atoms with Crippen LogP contribution in [0.1, 0.15) is 0 Å². The second-order valence-electron chi connectivity index (χ2n) is 1.89. The molecule has 2 N–H and O–H groups in total. The Kier molecular flexibility index (Phi) is 5.16. The van der Waals surface area contributed by atoms with Gasteiger partial charge >= 0.3 is 0 Å². The summed E-state index contributed by atoms with van der Waals surface area (Å²) in [5, 5.41) is 4.13. The zero-order chi connectivity index (χ0) is 9.40. The Morgan fingerprint density at radius 2 is 1.08 bits per heavy atom. The lowest BCUT2D eigenvalue weighted by Gasteiger charge is -2.14. The van der Waals surface area contributed by atoms with Gasteiger partial charge in [0, 0.05) is 0 Å². The van der Waals surface area contributed by atoms with E-state index in [-0.39, 0.29) is 12.8 Å². The van der Waals surface area contributed by atoms with Gasteiger partial charge in [0.2, 0.25) is 12.8 Å². The van der Waals surface area contributed by atoms with Crippen LogP contribution in [0.3, 0.4) is 0 Å². The molecule has 0 rings (SSSR count). The lowest BCUT2D eigenvalue weighted by Crippen LogP contribution is -2.49. The molecule has 2 unspecified atom stereocenters. The molecule has 2 amide bonds. The molecule has 0 aromatic heterocycles. The fourth-order valence-electron chi connectivity index (χ4n) is 0.612. The molecule has 0 saturated heterocycles. The lowest BCUT2D eigenvalue weighted by molar-refractivity contribution is -0.120. The quantitative estimate of drug-likeness (QED) is 0.419. The molecule has 0 aliphatic carbocycles. The van der Waals surface area contributed by atoms with Crippen molar-refractivity contribution in [1.29, 1.82) is 0 Å². The predicted octanol–water partition coefficient (Wildman–Crippen LogP) is -2.39. The van der Waals surface area contributed by atoms with Crippen LogP contribution in [0.2, 0.25) is 0 Å². The van der Waals surface area contributed by atoms with Crippen LogP contribution in [0.15, 0.2) is 0 Å². The van der Waals surface area contributed by atoms with Gasteiger partial charge in [-0.25, -0.2) is 0 Å². The number of hydrogen-bond acceptors (Lipinski definition) is 4. The van der Waals surface area contributed by atoms with Gasteiger partial charge < -0.3 is 20.2 Å². The van der Waals surface area contributed by atoms with Crippen molar-refractivity contribution in [3.8, 4) is 0 Å². The molecule has 0 spiro atoms. The van der Waals surface area contributed by atoms with Crippen molar-refractivity contribution in [3.63, 3.8) is 0 Å². The van der Waals surface area contributed by atoms with E-state index in [2.05, 4.69) is 10.6 Å². The van der Waals surface area contributed by atoms with Crippen molar-refractivity contribution in [2.75, 3.05) is 0 Å². The summed E-state index contributed by atoms with van der Waals surface area (Å²) >= 11 is 0. The van der Waals surface area contributed by atoms with Gasteiger partial charge in [-0.2, -0.15) is 0 Å². The Labute approximate surface area is 68.3 Å². The molecule has 6 heteroatoms. The van der Waals surface area contributed by atoms with Crippen molar-refractivity contribution < 1.29 is 19.2 Å². The second-order valence-corrected chi connectivity index (χ2v) is 1.89. The number of rotatable bonds is 7. The molecule has 0 aliphatic heterocycles. The summed E-state index contributed by atoms with van der Waals surface area (Å²) in [5.41, 5.74) is 0. The highest BCUT2D eigenvalue weighted by molar-refractivity contribution is 5.75. The molecule has 0 fully saturated rings. The van der Waals surface area contributed by atoms with Gasteiger partial charge in [0.25, 0.3) is 0 Å². The smallest absolute Gasteiger partial charge is 0.207 e. The zero-order valence-electron chi connectivity index (χ0n) is 6.10. The number of aldehydes is 2. The summed E-state index contributed by atoms with van der Waals surface area (Å²) in [6, 6.07) is -2.02. The fraction of sp³-hybridized carbons (Fsp3) is 0.333.